The van der Waals surface area contributed by atoms with Crippen molar-refractivity contribution >= 4 is 17.5 Å². The molecule has 1 aliphatic carbocycles. The van der Waals surface area contributed by atoms with Crippen molar-refractivity contribution in [3.05, 3.63) is 35.4 Å². The van der Waals surface area contributed by atoms with Gasteiger partial charge in [-0.05, 0) is 25.8 Å². The first kappa shape index (κ1) is 13.0. The Morgan fingerprint density at radius 2 is 1.85 bits per heavy atom. The fraction of sp³-hybridized carbons (Fsp3) is 0.438. The van der Waals surface area contributed by atoms with Gasteiger partial charge in [-0.25, -0.2) is 0 Å². The maximum atomic E-state index is 12.7. The highest BCUT2D eigenvalue weighted by Crippen LogP contribution is 2.41. The van der Waals surface area contributed by atoms with Crippen LogP contribution in [0.5, 0.6) is 0 Å². The van der Waals surface area contributed by atoms with Gasteiger partial charge in [0.1, 0.15) is 6.04 Å². The lowest BCUT2D eigenvalue weighted by molar-refractivity contribution is -0.140. The van der Waals surface area contributed by atoms with Crippen LogP contribution in [0, 0.1) is 5.41 Å². The Bertz CT molecular complexity index is 618. The first-order valence-electron chi connectivity index (χ1n) is 6.92. The van der Waals surface area contributed by atoms with Gasteiger partial charge in [-0.1, -0.05) is 24.3 Å². The molecule has 0 radical (unpaired) electrons. The number of likely N-dealkylation sites (tertiary alicyclic amines) is 1. The van der Waals surface area contributed by atoms with Gasteiger partial charge in [0.25, 0.3) is 0 Å². The van der Waals surface area contributed by atoms with E-state index in [4.69, 9.17) is 0 Å². The number of rotatable bonds is 1. The Hall–Kier alpha value is -1.97. The molecule has 0 saturated carbocycles. The average molecular weight is 271 g/mol. The van der Waals surface area contributed by atoms with Crippen molar-refractivity contribution in [1.82, 2.24) is 4.90 Å². The maximum absolute atomic E-state index is 12.7. The standard InChI is InChI=1S/C16H17NO3/c1-16(2)14(19)11-7-4-3-6-10(11)13(15(16)20)17-9-5-8-12(17)18/h3-4,6-7,13H,5,8-9H2,1-2H3. The molecule has 1 aromatic rings. The fourth-order valence-corrected chi connectivity index (χ4v) is 3.13. The van der Waals surface area contributed by atoms with E-state index in [0.717, 1.165) is 6.42 Å². The van der Waals surface area contributed by atoms with Crippen LogP contribution in [0.3, 0.4) is 0 Å². The second kappa shape index (κ2) is 4.27. The maximum Gasteiger partial charge on any atom is 0.223 e. The van der Waals surface area contributed by atoms with Gasteiger partial charge in [0.15, 0.2) is 11.6 Å². The van der Waals surface area contributed by atoms with Crippen LogP contribution in [0.25, 0.3) is 0 Å². The molecule has 104 valence electrons. The number of hydrogen-bond donors (Lipinski definition) is 0. The summed E-state index contributed by atoms with van der Waals surface area (Å²) in [6.45, 7) is 3.90. The van der Waals surface area contributed by atoms with Crippen molar-refractivity contribution in [3.8, 4) is 0 Å². The number of fused-ring (bicyclic) bond motifs is 1. The molecule has 4 nitrogen and oxygen atoms in total. The Balaban J connectivity index is 2.18. The van der Waals surface area contributed by atoms with Gasteiger partial charge in [0, 0.05) is 18.5 Å². The summed E-state index contributed by atoms with van der Waals surface area (Å²) in [6, 6.07) is 6.54. The molecule has 1 fully saturated rings. The molecule has 2 aliphatic rings. The molecule has 0 bridgehead atoms. The van der Waals surface area contributed by atoms with Gasteiger partial charge in [-0.2, -0.15) is 0 Å². The zero-order chi connectivity index (χ0) is 14.5. The average Bonchev–Trinajstić information content (AvgIpc) is 2.84. The fourth-order valence-electron chi connectivity index (χ4n) is 3.13. The zero-order valence-corrected chi connectivity index (χ0v) is 11.7. The summed E-state index contributed by atoms with van der Waals surface area (Å²) in [5, 5.41) is 0. The van der Waals surface area contributed by atoms with E-state index in [1.54, 1.807) is 36.9 Å². The van der Waals surface area contributed by atoms with Crippen molar-refractivity contribution in [2.45, 2.75) is 32.7 Å². The van der Waals surface area contributed by atoms with Crippen molar-refractivity contribution < 1.29 is 14.4 Å². The molecule has 20 heavy (non-hydrogen) atoms. The van der Waals surface area contributed by atoms with E-state index in [1.807, 2.05) is 6.07 Å². The molecule has 1 atom stereocenters. The number of carbonyl (C=O) groups excluding carboxylic acids is 3. The third-order valence-electron chi connectivity index (χ3n) is 4.35. The monoisotopic (exact) mass is 271 g/mol. The predicted octanol–water partition coefficient (Wildman–Crippen LogP) is 2.14. The Morgan fingerprint density at radius 1 is 1.15 bits per heavy atom. The Kier molecular flexibility index (Phi) is 2.78. The van der Waals surface area contributed by atoms with Crippen LogP contribution in [-0.2, 0) is 9.59 Å². The van der Waals surface area contributed by atoms with Gasteiger partial charge in [0.2, 0.25) is 5.91 Å². The summed E-state index contributed by atoms with van der Waals surface area (Å²) in [7, 11) is 0. The van der Waals surface area contributed by atoms with E-state index in [9.17, 15) is 14.4 Å². The molecule has 0 spiro atoms. The zero-order valence-electron chi connectivity index (χ0n) is 11.7. The Labute approximate surface area is 117 Å². The first-order valence-corrected chi connectivity index (χ1v) is 6.92. The van der Waals surface area contributed by atoms with Crippen molar-refractivity contribution in [2.24, 2.45) is 5.41 Å². The van der Waals surface area contributed by atoms with Gasteiger partial charge in [-0.15, -0.1) is 0 Å². The number of nitrogens with zero attached hydrogens (tertiary/aromatic N) is 1. The van der Waals surface area contributed by atoms with Crippen LogP contribution in [0.4, 0.5) is 0 Å². The highest BCUT2D eigenvalue weighted by Gasteiger charge is 2.50. The molecule has 4 heteroatoms. The minimum Gasteiger partial charge on any atom is -0.328 e. The lowest BCUT2D eigenvalue weighted by Crippen LogP contribution is -2.48. The van der Waals surface area contributed by atoms with Gasteiger partial charge < -0.3 is 4.90 Å². The molecule has 1 amide bonds. The second-order valence-corrected chi connectivity index (χ2v) is 6.00. The summed E-state index contributed by atoms with van der Waals surface area (Å²) < 4.78 is 0. The number of benzene rings is 1. The minimum atomic E-state index is -1.07. The summed E-state index contributed by atoms with van der Waals surface area (Å²) in [5.41, 5.74) is 0.181. The summed E-state index contributed by atoms with van der Waals surface area (Å²) in [5.74, 6) is -0.319. The molecule has 1 unspecified atom stereocenters. The highest BCUT2D eigenvalue weighted by atomic mass is 16.2. The van der Waals surface area contributed by atoms with E-state index in [0.29, 0.717) is 24.1 Å². The number of ketones is 2. The molecule has 3 rings (SSSR count). The third kappa shape index (κ3) is 1.64. The molecular weight excluding hydrogens is 254 g/mol. The normalized spacial score (nSPS) is 25.0. The van der Waals surface area contributed by atoms with E-state index >= 15 is 0 Å². The van der Waals surface area contributed by atoms with Crippen LogP contribution < -0.4 is 0 Å². The topological polar surface area (TPSA) is 54.5 Å². The number of carbonyl (C=O) groups is 3. The van der Waals surface area contributed by atoms with E-state index in [-0.39, 0.29) is 17.5 Å². The van der Waals surface area contributed by atoms with E-state index in [2.05, 4.69) is 0 Å². The van der Waals surface area contributed by atoms with Crippen LogP contribution in [-0.4, -0.2) is 28.9 Å². The van der Waals surface area contributed by atoms with Crippen molar-refractivity contribution in [3.63, 3.8) is 0 Å². The largest absolute Gasteiger partial charge is 0.328 e. The third-order valence-corrected chi connectivity index (χ3v) is 4.35. The molecule has 0 aromatic heterocycles. The highest BCUT2D eigenvalue weighted by molar-refractivity contribution is 6.20. The molecule has 1 aliphatic heterocycles. The molecule has 1 aromatic carbocycles. The smallest absolute Gasteiger partial charge is 0.223 e. The van der Waals surface area contributed by atoms with Crippen LogP contribution in [0.1, 0.15) is 48.7 Å². The summed E-state index contributed by atoms with van der Waals surface area (Å²) in [6.07, 6.45) is 1.26. The van der Waals surface area contributed by atoms with Gasteiger partial charge >= 0.3 is 0 Å². The quantitative estimate of drug-likeness (QED) is 0.735. The molecule has 1 heterocycles. The van der Waals surface area contributed by atoms with Crippen LogP contribution >= 0.6 is 0 Å². The number of hydrogen-bond acceptors (Lipinski definition) is 3. The van der Waals surface area contributed by atoms with Crippen LogP contribution in [0.15, 0.2) is 24.3 Å². The lowest BCUT2D eigenvalue weighted by atomic mass is 9.69. The van der Waals surface area contributed by atoms with Crippen molar-refractivity contribution in [2.75, 3.05) is 6.54 Å². The number of Topliss-reactive ketones (excluding diaryl/α,β-unsaturated/α-hetero) is 2. The first-order chi connectivity index (χ1) is 9.44. The minimum absolute atomic E-state index is 0.00306. The molecule has 1 saturated heterocycles. The van der Waals surface area contributed by atoms with Gasteiger partial charge in [-0.3, -0.25) is 14.4 Å². The van der Waals surface area contributed by atoms with E-state index in [1.165, 1.54) is 0 Å². The Morgan fingerprint density at radius 3 is 2.50 bits per heavy atom. The lowest BCUT2D eigenvalue weighted by Gasteiger charge is -2.38. The number of amides is 1. The summed E-state index contributed by atoms with van der Waals surface area (Å²) >= 11 is 0. The van der Waals surface area contributed by atoms with Crippen molar-refractivity contribution in [1.29, 1.82) is 0 Å². The van der Waals surface area contributed by atoms with Gasteiger partial charge in [0.05, 0.1) is 5.41 Å². The van der Waals surface area contributed by atoms with Crippen LogP contribution in [0.2, 0.25) is 0 Å². The summed E-state index contributed by atoms with van der Waals surface area (Å²) in [4.78, 5) is 38.8. The predicted molar refractivity (Wildman–Crippen MR) is 73.2 cm³/mol. The molecular formula is C16H17NO3. The SMILES string of the molecule is CC1(C)C(=O)c2ccccc2C(N2CCCC2=O)C1=O. The van der Waals surface area contributed by atoms with E-state index < -0.39 is 11.5 Å². The second-order valence-electron chi connectivity index (χ2n) is 6.00. The molecule has 0 N–H and O–H groups in total.